The van der Waals surface area contributed by atoms with E-state index in [9.17, 15) is 15.0 Å². The SMILES string of the molecule is CCCCCCCCCCCCCCCCCCCCCCC/C=C/CC/C=C/CC/C=C/C(O)C(CO)NC(=O)CCCCCCCCCCCCCCC. The third kappa shape index (κ3) is 43.7. The molecular weight excluding hydrogens is 687 g/mol. The molecule has 56 heavy (non-hydrogen) atoms. The fraction of sp³-hybridized carbons (Fsp3) is 0.865. The summed E-state index contributed by atoms with van der Waals surface area (Å²) < 4.78 is 0. The molecule has 0 spiro atoms. The summed E-state index contributed by atoms with van der Waals surface area (Å²) in [6.45, 7) is 4.31. The van der Waals surface area contributed by atoms with Crippen LogP contribution in [0.3, 0.4) is 0 Å². The number of aliphatic hydroxyl groups is 2. The molecule has 2 atom stereocenters. The Bertz CT molecular complexity index is 851. The van der Waals surface area contributed by atoms with Gasteiger partial charge in [0.15, 0.2) is 0 Å². The van der Waals surface area contributed by atoms with Crippen molar-refractivity contribution in [3.63, 3.8) is 0 Å². The lowest BCUT2D eigenvalue weighted by Crippen LogP contribution is -2.45. The number of hydrogen-bond donors (Lipinski definition) is 3. The first-order valence-electron chi connectivity index (χ1n) is 25.2. The molecule has 0 rings (SSSR count). The summed E-state index contributed by atoms with van der Waals surface area (Å²) in [5, 5.41) is 23.0. The van der Waals surface area contributed by atoms with Crippen LogP contribution in [-0.4, -0.2) is 34.9 Å². The van der Waals surface area contributed by atoms with Gasteiger partial charge in [0.2, 0.25) is 5.91 Å². The van der Waals surface area contributed by atoms with E-state index < -0.39 is 12.1 Å². The Morgan fingerprint density at radius 2 is 0.696 bits per heavy atom. The van der Waals surface area contributed by atoms with Gasteiger partial charge in [0.05, 0.1) is 18.8 Å². The first-order chi connectivity index (χ1) is 27.7. The lowest BCUT2D eigenvalue weighted by atomic mass is 10.0. The van der Waals surface area contributed by atoms with Crippen molar-refractivity contribution in [1.29, 1.82) is 0 Å². The van der Waals surface area contributed by atoms with Crippen molar-refractivity contribution in [1.82, 2.24) is 5.32 Å². The van der Waals surface area contributed by atoms with Crippen LogP contribution in [0.15, 0.2) is 36.5 Å². The van der Waals surface area contributed by atoms with Gasteiger partial charge < -0.3 is 15.5 Å². The van der Waals surface area contributed by atoms with Crippen LogP contribution in [0.25, 0.3) is 0 Å². The zero-order chi connectivity index (χ0) is 40.7. The number of hydrogen-bond acceptors (Lipinski definition) is 3. The average molecular weight is 786 g/mol. The molecule has 0 aromatic carbocycles. The molecule has 0 aromatic rings. The van der Waals surface area contributed by atoms with Gasteiger partial charge in [-0.25, -0.2) is 0 Å². The second-order valence-corrected chi connectivity index (χ2v) is 17.2. The van der Waals surface area contributed by atoms with Gasteiger partial charge in [0, 0.05) is 6.42 Å². The van der Waals surface area contributed by atoms with Gasteiger partial charge >= 0.3 is 0 Å². The summed E-state index contributed by atoms with van der Waals surface area (Å²) in [5.41, 5.74) is 0. The second-order valence-electron chi connectivity index (χ2n) is 17.2. The fourth-order valence-electron chi connectivity index (χ4n) is 7.74. The predicted molar refractivity (Wildman–Crippen MR) is 248 cm³/mol. The zero-order valence-electron chi connectivity index (χ0n) is 37.9. The molecule has 2 unspecified atom stereocenters. The topological polar surface area (TPSA) is 69.6 Å². The van der Waals surface area contributed by atoms with Crippen molar-refractivity contribution < 1.29 is 15.0 Å². The minimum absolute atomic E-state index is 0.0764. The molecule has 0 aliphatic heterocycles. The van der Waals surface area contributed by atoms with Crippen LogP contribution in [0.5, 0.6) is 0 Å². The minimum Gasteiger partial charge on any atom is -0.394 e. The number of unbranched alkanes of at least 4 members (excludes halogenated alkanes) is 35. The first-order valence-corrected chi connectivity index (χ1v) is 25.2. The molecule has 0 aromatic heterocycles. The normalized spacial score (nSPS) is 13.1. The van der Waals surface area contributed by atoms with Crippen LogP contribution in [0.2, 0.25) is 0 Å². The van der Waals surface area contributed by atoms with E-state index in [2.05, 4.69) is 43.5 Å². The van der Waals surface area contributed by atoms with Crippen LogP contribution in [0.1, 0.15) is 271 Å². The third-order valence-corrected chi connectivity index (χ3v) is 11.6. The Kier molecular flexibility index (Phi) is 46.8. The molecule has 0 aliphatic rings. The summed E-state index contributed by atoms with van der Waals surface area (Å²) >= 11 is 0. The highest BCUT2D eigenvalue weighted by Gasteiger charge is 2.17. The van der Waals surface area contributed by atoms with Gasteiger partial charge in [0.25, 0.3) is 0 Å². The standard InChI is InChI=1S/C52H99NO3/c1-3-5-7-9-11-13-15-17-18-19-20-21-22-23-24-25-26-27-28-29-30-31-32-33-34-36-37-39-41-43-45-47-51(55)50(49-54)53-52(56)48-46-44-42-40-38-35-16-14-12-10-8-6-4-2/h32-33,37,39,45,47,50-51,54-55H,3-31,34-36,38,40-44,46,48-49H2,1-2H3,(H,53,56)/b33-32+,39-37+,47-45+. The van der Waals surface area contributed by atoms with Crippen LogP contribution in [0, 0.1) is 0 Å². The lowest BCUT2D eigenvalue weighted by Gasteiger charge is -2.19. The Balaban J connectivity index is 3.53. The minimum atomic E-state index is -0.867. The molecular formula is C52H99NO3. The zero-order valence-corrected chi connectivity index (χ0v) is 37.9. The summed E-state index contributed by atoms with van der Waals surface area (Å²) in [5.74, 6) is -0.0764. The molecule has 0 radical (unpaired) electrons. The molecule has 0 bridgehead atoms. The van der Waals surface area contributed by atoms with Crippen molar-refractivity contribution >= 4 is 5.91 Å². The second kappa shape index (κ2) is 48.0. The fourth-order valence-corrected chi connectivity index (χ4v) is 7.74. The van der Waals surface area contributed by atoms with Gasteiger partial charge in [-0.1, -0.05) is 256 Å². The number of carbonyl (C=O) groups excluding carboxylic acids is 1. The summed E-state index contributed by atoms with van der Waals surface area (Å²) in [6.07, 6.45) is 64.4. The van der Waals surface area contributed by atoms with Gasteiger partial charge in [-0.2, -0.15) is 0 Å². The quantitative estimate of drug-likeness (QED) is 0.0425. The first kappa shape index (κ1) is 54.6. The van der Waals surface area contributed by atoms with Crippen LogP contribution in [0.4, 0.5) is 0 Å². The van der Waals surface area contributed by atoms with E-state index in [1.54, 1.807) is 6.08 Å². The summed E-state index contributed by atoms with van der Waals surface area (Å²) in [7, 11) is 0. The van der Waals surface area contributed by atoms with E-state index in [4.69, 9.17) is 0 Å². The largest absolute Gasteiger partial charge is 0.394 e. The highest BCUT2D eigenvalue weighted by molar-refractivity contribution is 5.76. The number of allylic oxidation sites excluding steroid dienone is 5. The monoisotopic (exact) mass is 786 g/mol. The number of aliphatic hydroxyl groups excluding tert-OH is 2. The molecule has 0 saturated heterocycles. The molecule has 1 amide bonds. The molecule has 0 saturated carbocycles. The predicted octanol–water partition coefficient (Wildman–Crippen LogP) is 16.1. The number of nitrogens with one attached hydrogen (secondary N) is 1. The summed E-state index contributed by atoms with van der Waals surface area (Å²) in [6, 6.07) is -0.642. The van der Waals surface area contributed by atoms with Crippen molar-refractivity contribution in [2.24, 2.45) is 0 Å². The molecule has 0 heterocycles. The highest BCUT2D eigenvalue weighted by atomic mass is 16.3. The van der Waals surface area contributed by atoms with Crippen LogP contribution in [-0.2, 0) is 4.79 Å². The van der Waals surface area contributed by atoms with Crippen LogP contribution >= 0.6 is 0 Å². The van der Waals surface area contributed by atoms with E-state index in [0.29, 0.717) is 6.42 Å². The van der Waals surface area contributed by atoms with Crippen LogP contribution < -0.4 is 5.32 Å². The molecule has 0 fully saturated rings. The van der Waals surface area contributed by atoms with Gasteiger partial charge in [-0.3, -0.25) is 4.79 Å². The van der Waals surface area contributed by atoms with Crippen molar-refractivity contribution in [2.75, 3.05) is 6.61 Å². The highest BCUT2D eigenvalue weighted by Crippen LogP contribution is 2.16. The summed E-state index contributed by atoms with van der Waals surface area (Å²) in [4.78, 5) is 12.4. The molecule has 330 valence electrons. The lowest BCUT2D eigenvalue weighted by molar-refractivity contribution is -0.123. The maximum Gasteiger partial charge on any atom is 0.220 e. The smallest absolute Gasteiger partial charge is 0.220 e. The average Bonchev–Trinajstić information content (AvgIpc) is 3.20. The van der Waals surface area contributed by atoms with Crippen molar-refractivity contribution in [2.45, 2.75) is 283 Å². The Morgan fingerprint density at radius 1 is 0.411 bits per heavy atom. The van der Waals surface area contributed by atoms with E-state index >= 15 is 0 Å². The van der Waals surface area contributed by atoms with Crippen molar-refractivity contribution in [3.8, 4) is 0 Å². The molecule has 4 heteroatoms. The van der Waals surface area contributed by atoms with Crippen molar-refractivity contribution in [3.05, 3.63) is 36.5 Å². The number of carbonyl (C=O) groups is 1. The van der Waals surface area contributed by atoms with E-state index in [-0.39, 0.29) is 12.5 Å². The Hall–Kier alpha value is -1.39. The Morgan fingerprint density at radius 3 is 1.04 bits per heavy atom. The van der Waals surface area contributed by atoms with E-state index in [1.807, 2.05) is 6.08 Å². The van der Waals surface area contributed by atoms with E-state index in [0.717, 1.165) is 38.5 Å². The van der Waals surface area contributed by atoms with Gasteiger partial charge in [0.1, 0.15) is 0 Å². The van der Waals surface area contributed by atoms with E-state index in [1.165, 1.54) is 212 Å². The van der Waals surface area contributed by atoms with Gasteiger partial charge in [-0.15, -0.1) is 0 Å². The van der Waals surface area contributed by atoms with Gasteiger partial charge in [-0.05, 0) is 44.9 Å². The molecule has 4 nitrogen and oxygen atoms in total. The molecule has 0 aliphatic carbocycles. The maximum atomic E-state index is 12.4. The Labute approximate surface area is 351 Å². The molecule has 3 N–H and O–H groups in total. The maximum absolute atomic E-state index is 12.4. The number of amides is 1. The third-order valence-electron chi connectivity index (χ3n) is 11.6. The number of rotatable bonds is 46.